The zero-order valence-corrected chi connectivity index (χ0v) is 13.2. The summed E-state index contributed by atoms with van der Waals surface area (Å²) in [4.78, 5) is 14.9. The number of nitro benzene ring substituents is 1. The molecule has 3 aromatic carbocycles. The molecule has 3 aromatic rings. The first-order chi connectivity index (χ1) is 12.1. The van der Waals surface area contributed by atoms with Gasteiger partial charge < -0.3 is 10.4 Å². The Morgan fingerprint density at radius 2 is 1.56 bits per heavy atom. The van der Waals surface area contributed by atoms with E-state index in [0.717, 1.165) is 11.3 Å². The number of nitro groups is 1. The molecule has 0 radical (unpaired) electrons. The Balaban J connectivity index is 1.95. The molecular weight excluding hydrogens is 318 g/mol. The van der Waals surface area contributed by atoms with Crippen LogP contribution in [0.25, 0.3) is 0 Å². The SMILES string of the molecule is O=[N+]([O-])c1ccc(N=C(Nc2ccc(O)cc2)c2ccccc2)cc1. The van der Waals surface area contributed by atoms with Gasteiger partial charge in [-0.25, -0.2) is 4.99 Å². The Kier molecular flexibility index (Phi) is 4.71. The molecule has 6 nitrogen and oxygen atoms in total. The maximum Gasteiger partial charge on any atom is 0.269 e. The quantitative estimate of drug-likeness (QED) is 0.242. The van der Waals surface area contributed by atoms with Crippen LogP contribution in [0, 0.1) is 10.1 Å². The minimum absolute atomic E-state index is 0.0201. The lowest BCUT2D eigenvalue weighted by Crippen LogP contribution is -2.13. The van der Waals surface area contributed by atoms with E-state index < -0.39 is 4.92 Å². The molecule has 0 atom stereocenters. The van der Waals surface area contributed by atoms with Gasteiger partial charge in [-0.3, -0.25) is 10.1 Å². The fraction of sp³-hybridized carbons (Fsp3) is 0. The van der Waals surface area contributed by atoms with E-state index in [2.05, 4.69) is 10.3 Å². The van der Waals surface area contributed by atoms with Crippen LogP contribution in [0.1, 0.15) is 5.56 Å². The summed E-state index contributed by atoms with van der Waals surface area (Å²) in [6.07, 6.45) is 0. The summed E-state index contributed by atoms with van der Waals surface area (Å²) in [6, 6.07) is 22.2. The zero-order chi connectivity index (χ0) is 17.6. The Morgan fingerprint density at radius 3 is 2.16 bits per heavy atom. The number of hydrogen-bond acceptors (Lipinski definition) is 4. The first-order valence-electron chi connectivity index (χ1n) is 7.56. The summed E-state index contributed by atoms with van der Waals surface area (Å²) in [5.74, 6) is 0.777. The van der Waals surface area contributed by atoms with Crippen molar-refractivity contribution in [2.45, 2.75) is 0 Å². The Hall–Kier alpha value is -3.67. The van der Waals surface area contributed by atoms with Gasteiger partial charge >= 0.3 is 0 Å². The van der Waals surface area contributed by atoms with Gasteiger partial charge in [-0.2, -0.15) is 0 Å². The predicted molar refractivity (Wildman–Crippen MR) is 97.5 cm³/mol. The normalized spacial score (nSPS) is 11.1. The van der Waals surface area contributed by atoms with Crippen LogP contribution in [0.15, 0.2) is 83.9 Å². The van der Waals surface area contributed by atoms with Gasteiger partial charge in [0.25, 0.3) is 5.69 Å². The predicted octanol–water partition coefficient (Wildman–Crippen LogP) is 4.49. The van der Waals surface area contributed by atoms with Crippen molar-refractivity contribution >= 4 is 22.9 Å². The summed E-state index contributed by atoms with van der Waals surface area (Å²) >= 11 is 0. The molecule has 0 bridgehead atoms. The fourth-order valence-electron chi connectivity index (χ4n) is 2.22. The van der Waals surface area contributed by atoms with Gasteiger partial charge in [0.15, 0.2) is 0 Å². The number of amidine groups is 1. The van der Waals surface area contributed by atoms with Gasteiger partial charge in [0.2, 0.25) is 0 Å². The lowest BCUT2D eigenvalue weighted by molar-refractivity contribution is -0.384. The number of hydrogen-bond donors (Lipinski definition) is 2. The van der Waals surface area contributed by atoms with Crippen LogP contribution in [-0.4, -0.2) is 15.9 Å². The van der Waals surface area contributed by atoms with Crippen molar-refractivity contribution in [1.29, 1.82) is 0 Å². The van der Waals surface area contributed by atoms with Gasteiger partial charge in [-0.05, 0) is 36.4 Å². The zero-order valence-electron chi connectivity index (χ0n) is 13.2. The monoisotopic (exact) mass is 333 g/mol. The number of anilines is 1. The molecule has 124 valence electrons. The van der Waals surface area contributed by atoms with Crippen LogP contribution >= 0.6 is 0 Å². The second kappa shape index (κ2) is 7.27. The second-order valence-corrected chi connectivity index (χ2v) is 5.27. The summed E-state index contributed by atoms with van der Waals surface area (Å²) in [5, 5.41) is 23.4. The molecule has 6 heteroatoms. The van der Waals surface area contributed by atoms with Crippen molar-refractivity contribution in [2.75, 3.05) is 5.32 Å². The van der Waals surface area contributed by atoms with Crippen LogP contribution in [0.5, 0.6) is 5.75 Å². The molecule has 0 heterocycles. The van der Waals surface area contributed by atoms with Crippen LogP contribution in [0.2, 0.25) is 0 Å². The van der Waals surface area contributed by atoms with Crippen molar-refractivity contribution in [3.05, 3.63) is 94.5 Å². The Labute approximate surface area is 144 Å². The Bertz CT molecular complexity index is 889. The molecule has 0 amide bonds. The molecule has 0 aliphatic carbocycles. The van der Waals surface area contributed by atoms with Crippen LogP contribution in [0.3, 0.4) is 0 Å². The third-order valence-electron chi connectivity index (χ3n) is 3.48. The highest BCUT2D eigenvalue weighted by Crippen LogP contribution is 2.21. The van der Waals surface area contributed by atoms with E-state index >= 15 is 0 Å². The maximum absolute atomic E-state index is 10.8. The number of aromatic hydroxyl groups is 1. The maximum atomic E-state index is 10.8. The van der Waals surface area contributed by atoms with Crippen molar-refractivity contribution in [2.24, 2.45) is 4.99 Å². The van der Waals surface area contributed by atoms with E-state index in [1.54, 1.807) is 36.4 Å². The van der Waals surface area contributed by atoms with E-state index in [4.69, 9.17) is 0 Å². The third-order valence-corrected chi connectivity index (χ3v) is 3.48. The number of phenols is 1. The van der Waals surface area contributed by atoms with Crippen molar-refractivity contribution in [3.8, 4) is 5.75 Å². The number of aliphatic imine (C=N–C) groups is 1. The minimum atomic E-state index is -0.444. The smallest absolute Gasteiger partial charge is 0.269 e. The highest BCUT2D eigenvalue weighted by molar-refractivity contribution is 6.09. The fourth-order valence-corrected chi connectivity index (χ4v) is 2.22. The molecule has 0 saturated heterocycles. The van der Waals surface area contributed by atoms with E-state index in [-0.39, 0.29) is 11.4 Å². The third kappa shape index (κ3) is 4.20. The molecule has 3 rings (SSSR count). The van der Waals surface area contributed by atoms with Crippen LogP contribution < -0.4 is 5.32 Å². The van der Waals surface area contributed by atoms with E-state index in [1.807, 2.05) is 30.3 Å². The van der Waals surface area contributed by atoms with Crippen molar-refractivity contribution in [3.63, 3.8) is 0 Å². The Morgan fingerprint density at radius 1 is 0.920 bits per heavy atom. The molecule has 25 heavy (non-hydrogen) atoms. The lowest BCUT2D eigenvalue weighted by atomic mass is 10.2. The molecule has 2 N–H and O–H groups in total. The number of non-ortho nitro benzene ring substituents is 1. The molecule has 0 fully saturated rings. The number of phenolic OH excluding ortho intramolecular Hbond substituents is 1. The highest BCUT2D eigenvalue weighted by atomic mass is 16.6. The molecule has 0 aromatic heterocycles. The molecular formula is C19H15N3O3. The first kappa shape index (κ1) is 16.2. The lowest BCUT2D eigenvalue weighted by Gasteiger charge is -2.11. The largest absolute Gasteiger partial charge is 0.508 e. The average Bonchev–Trinajstić information content (AvgIpc) is 2.64. The van der Waals surface area contributed by atoms with E-state index in [0.29, 0.717) is 11.5 Å². The summed E-state index contributed by atoms with van der Waals surface area (Å²) < 4.78 is 0. The molecule has 0 aliphatic rings. The summed E-state index contributed by atoms with van der Waals surface area (Å²) in [7, 11) is 0. The van der Waals surface area contributed by atoms with Gasteiger partial charge in [0.1, 0.15) is 11.6 Å². The van der Waals surface area contributed by atoms with E-state index in [1.165, 1.54) is 12.1 Å². The second-order valence-electron chi connectivity index (χ2n) is 5.27. The number of nitrogens with one attached hydrogen (secondary N) is 1. The van der Waals surface area contributed by atoms with Gasteiger partial charge in [0, 0.05) is 23.4 Å². The average molecular weight is 333 g/mol. The number of nitrogens with zero attached hydrogens (tertiary/aromatic N) is 2. The molecule has 0 spiro atoms. The van der Waals surface area contributed by atoms with Crippen molar-refractivity contribution in [1.82, 2.24) is 0 Å². The standard InChI is InChI=1S/C19H15N3O3/c23-18-12-8-16(9-13-18)21-19(14-4-2-1-3-5-14)20-15-6-10-17(11-7-15)22(24)25/h1-13,23H,(H,20,21). The number of benzene rings is 3. The van der Waals surface area contributed by atoms with Gasteiger partial charge in [-0.15, -0.1) is 0 Å². The molecule has 0 aliphatic heterocycles. The van der Waals surface area contributed by atoms with Crippen LogP contribution in [0.4, 0.5) is 17.1 Å². The first-order valence-corrected chi connectivity index (χ1v) is 7.56. The molecule has 0 unspecified atom stereocenters. The van der Waals surface area contributed by atoms with Crippen LogP contribution in [-0.2, 0) is 0 Å². The highest BCUT2D eigenvalue weighted by Gasteiger charge is 2.07. The number of rotatable bonds is 4. The molecule has 0 saturated carbocycles. The summed E-state index contributed by atoms with van der Waals surface area (Å²) in [6.45, 7) is 0. The minimum Gasteiger partial charge on any atom is -0.508 e. The summed E-state index contributed by atoms with van der Waals surface area (Å²) in [5.41, 5.74) is 2.25. The van der Waals surface area contributed by atoms with Crippen molar-refractivity contribution < 1.29 is 10.0 Å². The topological polar surface area (TPSA) is 87.8 Å². The van der Waals surface area contributed by atoms with E-state index in [9.17, 15) is 15.2 Å². The van der Waals surface area contributed by atoms with Gasteiger partial charge in [0.05, 0.1) is 10.6 Å². The van der Waals surface area contributed by atoms with Gasteiger partial charge in [-0.1, -0.05) is 30.3 Å².